The van der Waals surface area contributed by atoms with Crippen molar-refractivity contribution in [3.8, 4) is 0 Å². The molecule has 0 bridgehead atoms. The second kappa shape index (κ2) is 6.25. The van der Waals surface area contributed by atoms with E-state index in [1.54, 1.807) is 0 Å². The van der Waals surface area contributed by atoms with E-state index < -0.39 is 5.97 Å². The van der Waals surface area contributed by atoms with Gasteiger partial charge < -0.3 is 5.11 Å². The fourth-order valence-corrected chi connectivity index (χ4v) is 1.11. The van der Waals surface area contributed by atoms with Crippen LogP contribution < -0.4 is 0 Å². The summed E-state index contributed by atoms with van der Waals surface area (Å²) < 4.78 is 0. The van der Waals surface area contributed by atoms with Gasteiger partial charge >= 0.3 is 5.97 Å². The molecule has 1 fully saturated rings. The molecule has 1 aliphatic carbocycles. The van der Waals surface area contributed by atoms with Gasteiger partial charge in [0.25, 0.3) is 0 Å². The minimum Gasteiger partial charge on any atom is -0.481 e. The number of hydrogen-bond donors (Lipinski definition) is 1. The Bertz CT molecular complexity index is 329. The summed E-state index contributed by atoms with van der Waals surface area (Å²) in [4.78, 5) is 9.76. The van der Waals surface area contributed by atoms with Crippen LogP contribution in [0.4, 0.5) is 0 Å². The van der Waals surface area contributed by atoms with Crippen LogP contribution in [0, 0.1) is 5.92 Å². The van der Waals surface area contributed by atoms with Crippen LogP contribution in [0.1, 0.15) is 18.4 Å². The van der Waals surface area contributed by atoms with Gasteiger partial charge in [0, 0.05) is 5.54 Å². The number of carboxylic acid groups (broad SMARTS) is 1. The first kappa shape index (κ1) is 11.8. The van der Waals surface area contributed by atoms with Crippen LogP contribution in [0.2, 0.25) is 0 Å². The molecule has 1 aromatic rings. The SMILES string of the molecule is ClC=Cc1ccccc1.O=C(O)C1CC1. The minimum atomic E-state index is -0.630. The van der Waals surface area contributed by atoms with Crippen LogP contribution in [-0.4, -0.2) is 11.1 Å². The predicted molar refractivity (Wildman–Crippen MR) is 61.7 cm³/mol. The van der Waals surface area contributed by atoms with Crippen molar-refractivity contribution in [3.05, 3.63) is 41.4 Å². The van der Waals surface area contributed by atoms with Crippen molar-refractivity contribution in [1.82, 2.24) is 0 Å². The minimum absolute atomic E-state index is 0.0185. The molecule has 0 radical (unpaired) electrons. The Morgan fingerprint density at radius 2 is 1.93 bits per heavy atom. The number of carboxylic acids is 1. The third kappa shape index (κ3) is 5.23. The van der Waals surface area contributed by atoms with Crippen LogP contribution >= 0.6 is 11.6 Å². The maximum atomic E-state index is 9.76. The Balaban J connectivity index is 0.000000162. The first-order valence-corrected chi connectivity index (χ1v) is 5.22. The maximum absolute atomic E-state index is 9.76. The van der Waals surface area contributed by atoms with Crippen LogP contribution in [0.3, 0.4) is 0 Å². The maximum Gasteiger partial charge on any atom is 0.306 e. The smallest absolute Gasteiger partial charge is 0.306 e. The van der Waals surface area contributed by atoms with Crippen molar-refractivity contribution in [2.45, 2.75) is 12.8 Å². The molecule has 15 heavy (non-hydrogen) atoms. The number of rotatable bonds is 2. The fraction of sp³-hybridized carbons (Fsp3) is 0.250. The van der Waals surface area contributed by atoms with Gasteiger partial charge in [0.15, 0.2) is 0 Å². The lowest BCUT2D eigenvalue weighted by atomic mass is 10.2. The van der Waals surface area contributed by atoms with Crippen LogP contribution in [-0.2, 0) is 4.79 Å². The second-order valence-corrected chi connectivity index (χ2v) is 3.57. The summed E-state index contributed by atoms with van der Waals surface area (Å²) in [7, 11) is 0. The summed E-state index contributed by atoms with van der Waals surface area (Å²) in [5, 5.41) is 8.05. The molecule has 1 aromatic carbocycles. The highest BCUT2D eigenvalue weighted by Gasteiger charge is 2.28. The van der Waals surface area contributed by atoms with E-state index in [-0.39, 0.29) is 5.92 Å². The zero-order valence-electron chi connectivity index (χ0n) is 8.27. The predicted octanol–water partition coefficient (Wildman–Crippen LogP) is 3.38. The van der Waals surface area contributed by atoms with Gasteiger partial charge in [0.1, 0.15) is 0 Å². The van der Waals surface area contributed by atoms with E-state index >= 15 is 0 Å². The Morgan fingerprint density at radius 1 is 1.33 bits per heavy atom. The Morgan fingerprint density at radius 3 is 2.27 bits per heavy atom. The Kier molecular flexibility index (Phi) is 4.91. The molecular formula is C12H13ClO2. The lowest BCUT2D eigenvalue weighted by molar-refractivity contribution is -0.138. The Hall–Kier alpha value is -1.28. The zero-order chi connectivity index (χ0) is 11.1. The first-order valence-electron chi connectivity index (χ1n) is 4.78. The molecule has 0 amide bonds. The molecule has 0 atom stereocenters. The van der Waals surface area contributed by atoms with Crippen LogP contribution in [0.5, 0.6) is 0 Å². The molecule has 0 saturated heterocycles. The van der Waals surface area contributed by atoms with E-state index in [1.165, 1.54) is 5.54 Å². The third-order valence-electron chi connectivity index (χ3n) is 1.98. The van der Waals surface area contributed by atoms with Crippen molar-refractivity contribution in [2.24, 2.45) is 5.92 Å². The van der Waals surface area contributed by atoms with E-state index in [0.717, 1.165) is 18.4 Å². The first-order chi connectivity index (χ1) is 7.24. The molecule has 1 aliphatic rings. The van der Waals surface area contributed by atoms with E-state index in [2.05, 4.69) is 0 Å². The molecular weight excluding hydrogens is 212 g/mol. The van der Waals surface area contributed by atoms with E-state index in [0.29, 0.717) is 0 Å². The number of hydrogen-bond acceptors (Lipinski definition) is 1. The summed E-state index contributed by atoms with van der Waals surface area (Å²) in [6, 6.07) is 9.93. The second-order valence-electron chi connectivity index (χ2n) is 3.32. The Labute approximate surface area is 94.2 Å². The molecule has 2 rings (SSSR count). The molecule has 0 heterocycles. The summed E-state index contributed by atoms with van der Waals surface area (Å²) in [5.74, 6) is -0.611. The van der Waals surface area contributed by atoms with Gasteiger partial charge in [-0.1, -0.05) is 41.9 Å². The number of benzene rings is 1. The highest BCUT2D eigenvalue weighted by Crippen LogP contribution is 2.28. The summed E-state index contributed by atoms with van der Waals surface area (Å²) in [5.41, 5.74) is 2.64. The standard InChI is InChI=1S/C8H7Cl.C4H6O2/c9-7-6-8-4-2-1-3-5-8;5-4(6)3-1-2-3/h1-7H;3H,1-2H2,(H,5,6). The van der Waals surface area contributed by atoms with Crippen molar-refractivity contribution < 1.29 is 9.90 Å². The molecule has 3 heteroatoms. The zero-order valence-corrected chi connectivity index (χ0v) is 9.02. The highest BCUT2D eigenvalue weighted by atomic mass is 35.5. The van der Waals surface area contributed by atoms with E-state index in [9.17, 15) is 4.79 Å². The normalized spacial score (nSPS) is 14.5. The average Bonchev–Trinajstić information content (AvgIpc) is 3.04. The topological polar surface area (TPSA) is 37.3 Å². The van der Waals surface area contributed by atoms with Gasteiger partial charge in [-0.25, -0.2) is 0 Å². The molecule has 0 aliphatic heterocycles. The number of aliphatic carboxylic acids is 1. The van der Waals surface area contributed by atoms with Crippen LogP contribution in [0.25, 0.3) is 6.08 Å². The number of carbonyl (C=O) groups is 1. The fourth-order valence-electron chi connectivity index (χ4n) is 0.967. The molecule has 1 N–H and O–H groups in total. The monoisotopic (exact) mass is 224 g/mol. The largest absolute Gasteiger partial charge is 0.481 e. The van der Waals surface area contributed by atoms with Gasteiger partial charge in [0.2, 0.25) is 0 Å². The van der Waals surface area contributed by atoms with Gasteiger partial charge in [0.05, 0.1) is 5.92 Å². The molecule has 0 unspecified atom stereocenters. The van der Waals surface area contributed by atoms with Crippen molar-refractivity contribution in [1.29, 1.82) is 0 Å². The quantitative estimate of drug-likeness (QED) is 0.836. The summed E-state index contributed by atoms with van der Waals surface area (Å²) in [6.45, 7) is 0. The molecule has 0 spiro atoms. The molecule has 80 valence electrons. The molecule has 1 saturated carbocycles. The van der Waals surface area contributed by atoms with Gasteiger partial charge in [-0.2, -0.15) is 0 Å². The van der Waals surface area contributed by atoms with Crippen molar-refractivity contribution in [3.63, 3.8) is 0 Å². The lowest BCUT2D eigenvalue weighted by Crippen LogP contribution is -1.94. The van der Waals surface area contributed by atoms with E-state index in [1.807, 2.05) is 36.4 Å². The van der Waals surface area contributed by atoms with Crippen molar-refractivity contribution in [2.75, 3.05) is 0 Å². The van der Waals surface area contributed by atoms with Gasteiger partial charge in [-0.15, -0.1) is 0 Å². The lowest BCUT2D eigenvalue weighted by Gasteiger charge is -1.86. The van der Waals surface area contributed by atoms with E-state index in [4.69, 9.17) is 16.7 Å². The van der Waals surface area contributed by atoms with Gasteiger partial charge in [-0.3, -0.25) is 4.79 Å². The molecule has 0 aromatic heterocycles. The third-order valence-corrected chi connectivity index (χ3v) is 2.11. The summed E-state index contributed by atoms with van der Waals surface area (Å²) in [6.07, 6.45) is 3.65. The van der Waals surface area contributed by atoms with Gasteiger partial charge in [-0.05, 0) is 24.5 Å². The molecule has 2 nitrogen and oxygen atoms in total. The van der Waals surface area contributed by atoms with Crippen molar-refractivity contribution >= 4 is 23.6 Å². The van der Waals surface area contributed by atoms with Crippen LogP contribution in [0.15, 0.2) is 35.9 Å². The summed E-state index contributed by atoms with van der Waals surface area (Å²) >= 11 is 5.36. The highest BCUT2D eigenvalue weighted by molar-refractivity contribution is 6.27. The number of halogens is 1. The average molecular weight is 225 g/mol.